The number of carbonyl (C=O) groups is 3. The maximum Gasteiger partial charge on any atom is 0.331 e. The van der Waals surface area contributed by atoms with Gasteiger partial charge in [0.15, 0.2) is 0 Å². The zero-order valence-corrected chi connectivity index (χ0v) is 19.3. The Morgan fingerprint density at radius 3 is 2.24 bits per heavy atom. The molecule has 166 valence electrons. The summed E-state index contributed by atoms with van der Waals surface area (Å²) in [6.45, 7) is 12.1. The lowest BCUT2D eigenvalue weighted by Gasteiger charge is -2.39. The Bertz CT molecular complexity index is 636. The van der Waals surface area contributed by atoms with Crippen LogP contribution in [-0.2, 0) is 14.4 Å². The van der Waals surface area contributed by atoms with Crippen molar-refractivity contribution in [3.05, 3.63) is 11.6 Å². The van der Waals surface area contributed by atoms with Crippen molar-refractivity contribution in [1.82, 2.24) is 15.1 Å². The molecule has 7 heteroatoms. The van der Waals surface area contributed by atoms with Crippen molar-refractivity contribution in [1.29, 1.82) is 0 Å². The smallest absolute Gasteiger partial charge is 0.331 e. The highest BCUT2D eigenvalue weighted by molar-refractivity contribution is 5.91. The molecule has 1 aliphatic heterocycles. The van der Waals surface area contributed by atoms with Gasteiger partial charge in [-0.25, -0.2) is 4.79 Å². The molecule has 0 unspecified atom stereocenters. The molecule has 1 saturated heterocycles. The summed E-state index contributed by atoms with van der Waals surface area (Å²) in [7, 11) is 3.62. The molecule has 0 bridgehead atoms. The van der Waals surface area contributed by atoms with Crippen LogP contribution in [0.3, 0.4) is 0 Å². The molecule has 0 aromatic rings. The van der Waals surface area contributed by atoms with Gasteiger partial charge in [-0.15, -0.1) is 0 Å². The van der Waals surface area contributed by atoms with Crippen LogP contribution in [0, 0.1) is 11.3 Å². The molecule has 1 aliphatic rings. The zero-order chi connectivity index (χ0) is 22.5. The Kier molecular flexibility index (Phi) is 8.87. The molecule has 1 fully saturated rings. The van der Waals surface area contributed by atoms with Crippen LogP contribution in [0.2, 0.25) is 0 Å². The lowest BCUT2D eigenvalue weighted by atomic mass is 9.84. The molecule has 3 atom stereocenters. The van der Waals surface area contributed by atoms with Gasteiger partial charge >= 0.3 is 5.97 Å². The van der Waals surface area contributed by atoms with Crippen molar-refractivity contribution in [2.24, 2.45) is 11.3 Å². The zero-order valence-electron chi connectivity index (χ0n) is 19.3. The van der Waals surface area contributed by atoms with Gasteiger partial charge in [0.1, 0.15) is 6.04 Å². The monoisotopic (exact) mass is 409 g/mol. The van der Waals surface area contributed by atoms with E-state index in [2.05, 4.69) is 5.32 Å². The number of nitrogens with zero attached hydrogens (tertiary/aromatic N) is 2. The van der Waals surface area contributed by atoms with Gasteiger partial charge in [0.2, 0.25) is 11.8 Å². The summed E-state index contributed by atoms with van der Waals surface area (Å²) in [4.78, 5) is 41.2. The number of amides is 2. The van der Waals surface area contributed by atoms with Crippen LogP contribution in [0.4, 0.5) is 0 Å². The fourth-order valence-electron chi connectivity index (χ4n) is 3.72. The molecule has 0 spiro atoms. The van der Waals surface area contributed by atoms with Gasteiger partial charge in [-0.1, -0.05) is 47.1 Å². The van der Waals surface area contributed by atoms with Gasteiger partial charge in [0, 0.05) is 12.6 Å². The summed E-state index contributed by atoms with van der Waals surface area (Å²) in [6, 6.07) is -1.30. The Balaban J connectivity index is 3.10. The molecule has 2 N–H and O–H groups in total. The lowest BCUT2D eigenvalue weighted by Crippen LogP contribution is -2.59. The molecule has 0 saturated carbocycles. The maximum atomic E-state index is 13.4. The predicted molar refractivity (Wildman–Crippen MR) is 114 cm³/mol. The van der Waals surface area contributed by atoms with Crippen molar-refractivity contribution in [2.45, 2.75) is 78.9 Å². The standard InChI is InChI=1S/C22H39N3O4/c1-14(2)17(13-15(3)21(28)29)25(8)20(27)18(22(4,5)6)23-19(26)16-11-9-10-12-24(16)7/h13-14,16-18H,9-12H2,1-8H3,(H,23,26)(H,28,29)/t16-,17-,18-/m0/s1. The van der Waals surface area contributed by atoms with Crippen molar-refractivity contribution < 1.29 is 19.5 Å². The third kappa shape index (κ3) is 6.84. The summed E-state index contributed by atoms with van der Waals surface area (Å²) in [5.41, 5.74) is -0.287. The number of carbonyl (C=O) groups excluding carboxylic acids is 2. The third-order valence-corrected chi connectivity index (χ3v) is 5.71. The number of likely N-dealkylation sites (N-methyl/N-ethyl adjacent to an activating group) is 2. The van der Waals surface area contributed by atoms with Crippen LogP contribution in [0.1, 0.15) is 60.8 Å². The van der Waals surface area contributed by atoms with Gasteiger partial charge in [0.05, 0.1) is 12.1 Å². The van der Waals surface area contributed by atoms with Crippen LogP contribution < -0.4 is 5.32 Å². The summed E-state index contributed by atoms with van der Waals surface area (Å²) in [5.74, 6) is -1.30. The number of aliphatic carboxylic acids is 1. The van der Waals surface area contributed by atoms with E-state index in [1.165, 1.54) is 6.92 Å². The number of hydrogen-bond donors (Lipinski definition) is 2. The van der Waals surface area contributed by atoms with Crippen molar-refractivity contribution in [3.8, 4) is 0 Å². The number of likely N-dealkylation sites (tertiary alicyclic amines) is 1. The van der Waals surface area contributed by atoms with E-state index in [9.17, 15) is 19.5 Å². The average molecular weight is 410 g/mol. The van der Waals surface area contributed by atoms with E-state index in [-0.39, 0.29) is 35.4 Å². The van der Waals surface area contributed by atoms with E-state index in [1.807, 2.05) is 46.6 Å². The fourth-order valence-corrected chi connectivity index (χ4v) is 3.72. The molecule has 1 rings (SSSR count). The second-order valence-corrected chi connectivity index (χ2v) is 9.64. The van der Waals surface area contributed by atoms with Crippen molar-refractivity contribution >= 4 is 17.8 Å². The van der Waals surface area contributed by atoms with Gasteiger partial charge < -0.3 is 15.3 Å². The highest BCUT2D eigenvalue weighted by Crippen LogP contribution is 2.25. The van der Waals surface area contributed by atoms with Gasteiger partial charge in [-0.05, 0) is 44.7 Å². The van der Waals surface area contributed by atoms with E-state index in [1.54, 1.807) is 18.0 Å². The Morgan fingerprint density at radius 1 is 1.21 bits per heavy atom. The van der Waals surface area contributed by atoms with Gasteiger partial charge in [-0.2, -0.15) is 0 Å². The van der Waals surface area contributed by atoms with E-state index >= 15 is 0 Å². The summed E-state index contributed by atoms with van der Waals surface area (Å²) >= 11 is 0. The topological polar surface area (TPSA) is 90.0 Å². The van der Waals surface area contributed by atoms with E-state index in [0.717, 1.165) is 25.8 Å². The van der Waals surface area contributed by atoms with Gasteiger partial charge in [0.25, 0.3) is 0 Å². The van der Waals surface area contributed by atoms with Crippen LogP contribution >= 0.6 is 0 Å². The first-order chi connectivity index (χ1) is 13.3. The lowest BCUT2D eigenvalue weighted by molar-refractivity contribution is -0.141. The Labute approximate surface area is 175 Å². The minimum atomic E-state index is -1.00. The predicted octanol–water partition coefficient (Wildman–Crippen LogP) is 2.52. The average Bonchev–Trinajstić information content (AvgIpc) is 2.61. The van der Waals surface area contributed by atoms with Crippen LogP contribution in [0.25, 0.3) is 0 Å². The number of carboxylic acids is 1. The number of piperidine rings is 1. The molecule has 2 amide bonds. The first-order valence-corrected chi connectivity index (χ1v) is 10.5. The molecule has 0 aromatic carbocycles. The quantitative estimate of drug-likeness (QED) is 0.631. The van der Waals surface area contributed by atoms with Gasteiger partial charge in [-0.3, -0.25) is 14.5 Å². The Hall–Kier alpha value is -1.89. The second kappa shape index (κ2) is 10.2. The normalized spacial score (nSPS) is 20.9. The summed E-state index contributed by atoms with van der Waals surface area (Å²) in [6.07, 6.45) is 4.49. The number of hydrogen-bond acceptors (Lipinski definition) is 4. The van der Waals surface area contributed by atoms with Crippen molar-refractivity contribution in [2.75, 3.05) is 20.6 Å². The number of carboxylic acid groups (broad SMARTS) is 1. The first kappa shape index (κ1) is 25.1. The number of nitrogens with one attached hydrogen (secondary N) is 1. The first-order valence-electron chi connectivity index (χ1n) is 10.5. The Morgan fingerprint density at radius 2 is 1.79 bits per heavy atom. The highest BCUT2D eigenvalue weighted by Gasteiger charge is 2.39. The van der Waals surface area contributed by atoms with Crippen LogP contribution in [-0.4, -0.2) is 71.5 Å². The number of rotatable bonds is 7. The fraction of sp³-hybridized carbons (Fsp3) is 0.773. The minimum Gasteiger partial charge on any atom is -0.478 e. The van der Waals surface area contributed by atoms with E-state index in [0.29, 0.717) is 0 Å². The molecule has 0 aromatic heterocycles. The molecular formula is C22H39N3O4. The molecule has 0 aliphatic carbocycles. The SMILES string of the molecule is CC(=C[C@@H](C(C)C)N(C)C(=O)[C@H](NC(=O)[C@@H]1CCCCN1C)C(C)(C)C)C(=O)O. The molecular weight excluding hydrogens is 370 g/mol. The third-order valence-electron chi connectivity index (χ3n) is 5.71. The van der Waals surface area contributed by atoms with Crippen LogP contribution in [0.15, 0.2) is 11.6 Å². The molecule has 1 heterocycles. The second-order valence-electron chi connectivity index (χ2n) is 9.64. The molecule has 0 radical (unpaired) electrons. The van der Waals surface area contributed by atoms with Crippen molar-refractivity contribution in [3.63, 3.8) is 0 Å². The maximum absolute atomic E-state index is 13.4. The minimum absolute atomic E-state index is 0.0269. The van der Waals surface area contributed by atoms with Crippen LogP contribution in [0.5, 0.6) is 0 Å². The van der Waals surface area contributed by atoms with E-state index < -0.39 is 17.4 Å². The molecule has 7 nitrogen and oxygen atoms in total. The highest BCUT2D eigenvalue weighted by atomic mass is 16.4. The largest absolute Gasteiger partial charge is 0.478 e. The summed E-state index contributed by atoms with van der Waals surface area (Å²) in [5, 5.41) is 12.2. The summed E-state index contributed by atoms with van der Waals surface area (Å²) < 4.78 is 0. The van der Waals surface area contributed by atoms with E-state index in [4.69, 9.17) is 0 Å². The molecule has 29 heavy (non-hydrogen) atoms.